The minimum atomic E-state index is 1.00. The molecule has 0 amide bonds. The summed E-state index contributed by atoms with van der Waals surface area (Å²) in [6, 6.07) is 0. The van der Waals surface area contributed by atoms with Crippen LogP contribution in [0.3, 0.4) is 0 Å². The fourth-order valence-corrected chi connectivity index (χ4v) is 0.675. The van der Waals surface area contributed by atoms with Crippen LogP contribution in [0.5, 0.6) is 0 Å². The van der Waals surface area contributed by atoms with Crippen LogP contribution < -0.4 is 5.32 Å². The number of hydrogen-bond donors (Lipinski definition) is 1. The topological polar surface area (TPSA) is 24.4 Å². The fraction of sp³-hybridized carbons (Fsp3) is 0.625. The Bertz CT molecular complexity index is 161. The molecule has 0 aromatic heterocycles. The lowest BCUT2D eigenvalue weighted by molar-refractivity contribution is 0.836. The molecule has 0 aromatic carbocycles. The van der Waals surface area contributed by atoms with Gasteiger partial charge in [0.2, 0.25) is 0 Å². The Hall–Kier alpha value is -0.725. The summed E-state index contributed by atoms with van der Waals surface area (Å²) in [5, 5.41) is 3.21. The molecule has 0 bridgehead atoms. The third-order valence-corrected chi connectivity index (χ3v) is 1.39. The molecule has 3 heteroatoms. The standard InChI is InChI=1S/C8H17BN2/c1-4-6-10-7(3)11-8(9)5-2/h5H,4,6,9H2,1-3H3,(H,10,11)/b8-5-. The largest absolute Gasteiger partial charge is 0.374 e. The maximum Gasteiger partial charge on any atom is 0.163 e. The minimum absolute atomic E-state index is 1.00. The summed E-state index contributed by atoms with van der Waals surface area (Å²) in [5.41, 5.74) is 1.06. The molecule has 0 radical (unpaired) electrons. The highest BCUT2D eigenvalue weighted by Crippen LogP contribution is 1.88. The van der Waals surface area contributed by atoms with Crippen molar-refractivity contribution in [3.05, 3.63) is 11.7 Å². The highest BCUT2D eigenvalue weighted by molar-refractivity contribution is 6.22. The van der Waals surface area contributed by atoms with Crippen LogP contribution >= 0.6 is 0 Å². The van der Waals surface area contributed by atoms with Gasteiger partial charge in [-0.1, -0.05) is 13.0 Å². The number of nitrogens with zero attached hydrogens (tertiary/aromatic N) is 1. The summed E-state index contributed by atoms with van der Waals surface area (Å²) in [7, 11) is 2.00. The molecular weight excluding hydrogens is 135 g/mol. The van der Waals surface area contributed by atoms with Crippen LogP contribution in [0, 0.1) is 0 Å². The molecule has 0 aliphatic carbocycles. The maximum atomic E-state index is 4.30. The minimum Gasteiger partial charge on any atom is -0.374 e. The number of rotatable bonds is 3. The predicted molar refractivity (Wildman–Crippen MR) is 53.7 cm³/mol. The fourth-order valence-electron chi connectivity index (χ4n) is 0.675. The van der Waals surface area contributed by atoms with E-state index in [0.717, 1.165) is 24.4 Å². The average Bonchev–Trinajstić information content (AvgIpc) is 2.00. The van der Waals surface area contributed by atoms with Crippen LogP contribution in [0.4, 0.5) is 0 Å². The normalized spacial score (nSPS) is 13.4. The summed E-state index contributed by atoms with van der Waals surface area (Å²) in [5.74, 6) is 1.00. The molecule has 0 saturated carbocycles. The van der Waals surface area contributed by atoms with Crippen molar-refractivity contribution in [1.29, 1.82) is 0 Å². The van der Waals surface area contributed by atoms with Gasteiger partial charge in [0.05, 0.1) is 5.84 Å². The van der Waals surface area contributed by atoms with E-state index in [1.54, 1.807) is 0 Å². The van der Waals surface area contributed by atoms with Crippen LogP contribution in [0.15, 0.2) is 16.7 Å². The van der Waals surface area contributed by atoms with Crippen LogP contribution in [0.2, 0.25) is 0 Å². The molecule has 0 saturated heterocycles. The van der Waals surface area contributed by atoms with Crippen molar-refractivity contribution in [2.75, 3.05) is 6.54 Å². The molecule has 1 N–H and O–H groups in total. The van der Waals surface area contributed by atoms with Crippen LogP contribution in [0.1, 0.15) is 27.2 Å². The second-order valence-corrected chi connectivity index (χ2v) is 2.55. The third kappa shape index (κ3) is 5.71. The van der Waals surface area contributed by atoms with Crippen molar-refractivity contribution >= 4 is 13.7 Å². The van der Waals surface area contributed by atoms with Gasteiger partial charge in [-0.15, -0.1) is 0 Å². The zero-order valence-electron chi connectivity index (χ0n) is 7.94. The highest BCUT2D eigenvalue weighted by atomic mass is 15.0. The van der Waals surface area contributed by atoms with Gasteiger partial charge in [0.25, 0.3) is 0 Å². The van der Waals surface area contributed by atoms with Gasteiger partial charge in [-0.05, 0) is 25.9 Å². The van der Waals surface area contributed by atoms with Crippen molar-refractivity contribution in [2.24, 2.45) is 4.99 Å². The van der Waals surface area contributed by atoms with Gasteiger partial charge in [0.15, 0.2) is 7.85 Å². The van der Waals surface area contributed by atoms with Crippen LogP contribution in [-0.4, -0.2) is 20.2 Å². The zero-order valence-corrected chi connectivity index (χ0v) is 7.94. The monoisotopic (exact) mass is 152 g/mol. The molecule has 0 rings (SSSR count). The number of nitrogens with one attached hydrogen (secondary N) is 1. The summed E-state index contributed by atoms with van der Waals surface area (Å²) in [4.78, 5) is 4.30. The number of allylic oxidation sites excluding steroid dienone is 1. The lowest BCUT2D eigenvalue weighted by Crippen LogP contribution is -2.21. The SMILES string of the molecule is BC(=C/C)/N=C(\C)NCCC. The average molecular weight is 152 g/mol. The maximum absolute atomic E-state index is 4.30. The van der Waals surface area contributed by atoms with E-state index in [1.807, 2.05) is 27.8 Å². The zero-order chi connectivity index (χ0) is 8.69. The van der Waals surface area contributed by atoms with Crippen molar-refractivity contribution in [1.82, 2.24) is 5.32 Å². The third-order valence-electron chi connectivity index (χ3n) is 1.39. The molecule has 2 nitrogen and oxygen atoms in total. The first-order valence-corrected chi connectivity index (χ1v) is 4.12. The summed E-state index contributed by atoms with van der Waals surface area (Å²) >= 11 is 0. The van der Waals surface area contributed by atoms with E-state index >= 15 is 0 Å². The van der Waals surface area contributed by atoms with E-state index < -0.39 is 0 Å². The van der Waals surface area contributed by atoms with Crippen molar-refractivity contribution in [3.8, 4) is 0 Å². The molecule has 0 fully saturated rings. The molecule has 0 aliphatic rings. The van der Waals surface area contributed by atoms with E-state index in [4.69, 9.17) is 0 Å². The first kappa shape index (κ1) is 10.3. The molecule has 62 valence electrons. The molecule has 0 heterocycles. The number of amidine groups is 1. The molecule has 0 unspecified atom stereocenters. The van der Waals surface area contributed by atoms with E-state index in [9.17, 15) is 0 Å². The van der Waals surface area contributed by atoms with Crippen molar-refractivity contribution in [2.45, 2.75) is 27.2 Å². The molecule has 11 heavy (non-hydrogen) atoms. The highest BCUT2D eigenvalue weighted by Gasteiger charge is 1.87. The Kier molecular flexibility index (Phi) is 5.62. The number of hydrogen-bond acceptors (Lipinski definition) is 1. The Morgan fingerprint density at radius 3 is 2.73 bits per heavy atom. The van der Waals surface area contributed by atoms with Crippen molar-refractivity contribution < 1.29 is 0 Å². The summed E-state index contributed by atoms with van der Waals surface area (Å²) in [6.45, 7) is 7.13. The predicted octanol–water partition coefficient (Wildman–Crippen LogP) is 0.899. The van der Waals surface area contributed by atoms with Gasteiger partial charge >= 0.3 is 0 Å². The van der Waals surface area contributed by atoms with Crippen molar-refractivity contribution in [3.63, 3.8) is 0 Å². The molecule has 0 aliphatic heterocycles. The Morgan fingerprint density at radius 1 is 1.64 bits per heavy atom. The smallest absolute Gasteiger partial charge is 0.163 e. The Labute approximate surface area is 70.2 Å². The van der Waals surface area contributed by atoms with Gasteiger partial charge in [-0.3, -0.25) is 4.99 Å². The lowest BCUT2D eigenvalue weighted by atomic mass is 10.1. The second-order valence-electron chi connectivity index (χ2n) is 2.55. The molecule has 0 aromatic rings. The first-order valence-electron chi connectivity index (χ1n) is 4.12. The van der Waals surface area contributed by atoms with Gasteiger partial charge in [-0.2, -0.15) is 0 Å². The Balaban J connectivity index is 3.80. The first-order chi connectivity index (χ1) is 5.20. The van der Waals surface area contributed by atoms with E-state index in [1.165, 1.54) is 0 Å². The summed E-state index contributed by atoms with van der Waals surface area (Å²) in [6.07, 6.45) is 3.14. The Morgan fingerprint density at radius 2 is 2.27 bits per heavy atom. The van der Waals surface area contributed by atoms with Gasteiger partial charge in [0.1, 0.15) is 0 Å². The van der Waals surface area contributed by atoms with E-state index in [-0.39, 0.29) is 0 Å². The molecular formula is C8H17BN2. The van der Waals surface area contributed by atoms with Gasteiger partial charge < -0.3 is 5.32 Å². The van der Waals surface area contributed by atoms with Gasteiger partial charge in [0, 0.05) is 6.54 Å². The van der Waals surface area contributed by atoms with E-state index in [0.29, 0.717) is 0 Å². The van der Waals surface area contributed by atoms with Crippen LogP contribution in [-0.2, 0) is 0 Å². The quantitative estimate of drug-likeness (QED) is 0.362. The second kappa shape index (κ2) is 6.02. The lowest BCUT2D eigenvalue weighted by Gasteiger charge is -2.02. The molecule has 0 spiro atoms. The van der Waals surface area contributed by atoms with Gasteiger partial charge in [-0.25, -0.2) is 0 Å². The van der Waals surface area contributed by atoms with Crippen LogP contribution in [0.25, 0.3) is 0 Å². The van der Waals surface area contributed by atoms with E-state index in [2.05, 4.69) is 17.2 Å². The number of aliphatic imine (C=N–C) groups is 1. The summed E-state index contributed by atoms with van der Waals surface area (Å²) < 4.78 is 0. The molecule has 0 atom stereocenters.